The lowest BCUT2D eigenvalue weighted by Crippen LogP contribution is -2.14. The average Bonchev–Trinajstić information content (AvgIpc) is 2.63. The van der Waals surface area contributed by atoms with Crippen molar-refractivity contribution in [2.45, 2.75) is 6.42 Å². The number of hydrogen-bond acceptors (Lipinski definition) is 3. The number of carbonyl (C=O) groups excluding carboxylic acids is 1. The van der Waals surface area contributed by atoms with Gasteiger partial charge in [-0.05, 0) is 54.1 Å². The van der Waals surface area contributed by atoms with Crippen LogP contribution in [-0.4, -0.2) is 10.9 Å². The number of halogens is 1. The highest BCUT2D eigenvalue weighted by Crippen LogP contribution is 2.18. The van der Waals surface area contributed by atoms with E-state index < -0.39 is 0 Å². The second kappa shape index (κ2) is 7.37. The highest BCUT2D eigenvalue weighted by atomic mass is 19.1. The molecule has 0 aliphatic heterocycles. The summed E-state index contributed by atoms with van der Waals surface area (Å²) in [6.45, 7) is 0. The van der Waals surface area contributed by atoms with Crippen LogP contribution in [0.3, 0.4) is 0 Å². The van der Waals surface area contributed by atoms with Crippen molar-refractivity contribution in [2.24, 2.45) is 0 Å². The van der Waals surface area contributed by atoms with Crippen molar-refractivity contribution < 1.29 is 9.18 Å². The molecule has 0 aliphatic carbocycles. The quantitative estimate of drug-likeness (QED) is 0.779. The van der Waals surface area contributed by atoms with Crippen molar-refractivity contribution in [1.29, 1.82) is 5.26 Å². The zero-order chi connectivity index (χ0) is 17.6. The number of benzene rings is 2. The minimum Gasteiger partial charge on any atom is -0.321 e. The van der Waals surface area contributed by atoms with Crippen molar-refractivity contribution in [1.82, 2.24) is 4.98 Å². The smallest absolute Gasteiger partial charge is 0.274 e. The summed E-state index contributed by atoms with van der Waals surface area (Å²) in [6, 6.07) is 20.2. The fraction of sp³-hybridized carbons (Fsp3) is 0.0500. The van der Waals surface area contributed by atoms with E-state index in [1.165, 1.54) is 12.1 Å². The van der Waals surface area contributed by atoms with Crippen LogP contribution in [0, 0.1) is 17.1 Å². The van der Waals surface area contributed by atoms with Gasteiger partial charge in [0.2, 0.25) is 0 Å². The van der Waals surface area contributed by atoms with Gasteiger partial charge in [0.1, 0.15) is 11.5 Å². The number of aromatic nitrogens is 1. The summed E-state index contributed by atoms with van der Waals surface area (Å²) in [4.78, 5) is 16.8. The summed E-state index contributed by atoms with van der Waals surface area (Å²) in [6.07, 6.45) is 0.280. The molecule has 0 radical (unpaired) electrons. The Labute approximate surface area is 144 Å². The Hall–Kier alpha value is -3.52. The topological polar surface area (TPSA) is 65.8 Å². The molecule has 4 nitrogen and oxygen atoms in total. The fourth-order valence-electron chi connectivity index (χ4n) is 2.39. The molecule has 2 aromatic carbocycles. The Morgan fingerprint density at radius 3 is 2.60 bits per heavy atom. The van der Waals surface area contributed by atoms with Gasteiger partial charge in [0.25, 0.3) is 5.91 Å². The summed E-state index contributed by atoms with van der Waals surface area (Å²) in [5.74, 6) is -0.673. The van der Waals surface area contributed by atoms with Crippen molar-refractivity contribution >= 4 is 11.6 Å². The number of nitrogens with zero attached hydrogens (tertiary/aromatic N) is 2. The van der Waals surface area contributed by atoms with E-state index in [9.17, 15) is 9.18 Å². The van der Waals surface area contributed by atoms with Crippen LogP contribution < -0.4 is 5.32 Å². The SMILES string of the molecule is N#CCc1cccc(NC(=O)c2cccc(-c3ccc(F)cc3)n2)c1. The molecular formula is C20H14FN3O. The van der Waals surface area contributed by atoms with Crippen LogP contribution >= 0.6 is 0 Å². The number of nitriles is 1. The fourth-order valence-corrected chi connectivity index (χ4v) is 2.39. The molecule has 0 bridgehead atoms. The molecule has 1 N–H and O–H groups in total. The number of anilines is 1. The van der Waals surface area contributed by atoms with Crippen molar-refractivity contribution in [2.75, 3.05) is 5.32 Å². The maximum Gasteiger partial charge on any atom is 0.274 e. The van der Waals surface area contributed by atoms with Crippen LogP contribution in [-0.2, 0) is 6.42 Å². The van der Waals surface area contributed by atoms with E-state index >= 15 is 0 Å². The Balaban J connectivity index is 1.81. The number of pyridine rings is 1. The van der Waals surface area contributed by atoms with Crippen molar-refractivity contribution in [3.8, 4) is 17.3 Å². The standard InChI is InChI=1S/C20H14FN3O/c21-16-9-7-15(8-10-16)18-5-2-6-19(24-18)20(25)23-17-4-1-3-14(13-17)11-12-22/h1-10,13H,11H2,(H,23,25). The lowest BCUT2D eigenvalue weighted by molar-refractivity contribution is 0.102. The van der Waals surface area contributed by atoms with Crippen LogP contribution in [0.25, 0.3) is 11.3 Å². The molecule has 0 aliphatic rings. The lowest BCUT2D eigenvalue weighted by Gasteiger charge is -2.07. The average molecular weight is 331 g/mol. The number of rotatable bonds is 4. The maximum atomic E-state index is 13.0. The first-order chi connectivity index (χ1) is 12.2. The lowest BCUT2D eigenvalue weighted by atomic mass is 10.1. The van der Waals surface area contributed by atoms with E-state index in [1.807, 2.05) is 6.07 Å². The van der Waals surface area contributed by atoms with Gasteiger partial charge in [0, 0.05) is 11.3 Å². The zero-order valence-corrected chi connectivity index (χ0v) is 13.2. The second-order valence-corrected chi connectivity index (χ2v) is 5.40. The normalized spacial score (nSPS) is 10.1. The number of hydrogen-bond donors (Lipinski definition) is 1. The van der Waals surface area contributed by atoms with Gasteiger partial charge >= 0.3 is 0 Å². The number of amides is 1. The first-order valence-corrected chi connectivity index (χ1v) is 7.66. The van der Waals surface area contributed by atoms with Crippen LogP contribution in [0.2, 0.25) is 0 Å². The minimum absolute atomic E-state index is 0.257. The maximum absolute atomic E-state index is 13.0. The van der Waals surface area contributed by atoms with Crippen molar-refractivity contribution in [3.05, 3.63) is 83.8 Å². The molecule has 1 amide bonds. The van der Waals surface area contributed by atoms with E-state index in [4.69, 9.17) is 5.26 Å². The minimum atomic E-state index is -0.349. The predicted molar refractivity (Wildman–Crippen MR) is 93.3 cm³/mol. The molecule has 0 saturated heterocycles. The van der Waals surface area contributed by atoms with Gasteiger partial charge in [0.15, 0.2) is 0 Å². The molecule has 0 unspecified atom stereocenters. The van der Waals surface area contributed by atoms with Gasteiger partial charge in [-0.2, -0.15) is 5.26 Å². The van der Waals surface area contributed by atoms with Crippen LogP contribution in [0.1, 0.15) is 16.1 Å². The van der Waals surface area contributed by atoms with E-state index in [-0.39, 0.29) is 23.8 Å². The third kappa shape index (κ3) is 4.06. The molecule has 0 atom stereocenters. The summed E-state index contributed by atoms with van der Waals surface area (Å²) in [5, 5.41) is 11.5. The van der Waals surface area contributed by atoms with E-state index in [0.29, 0.717) is 11.4 Å². The third-order valence-electron chi connectivity index (χ3n) is 3.59. The molecule has 1 heterocycles. The Morgan fingerprint density at radius 2 is 1.84 bits per heavy atom. The van der Waals surface area contributed by atoms with Gasteiger partial charge < -0.3 is 5.32 Å². The first kappa shape index (κ1) is 16.3. The molecule has 0 spiro atoms. The molecule has 5 heteroatoms. The van der Waals surface area contributed by atoms with Gasteiger partial charge in [0.05, 0.1) is 18.2 Å². The summed E-state index contributed by atoms with van der Waals surface area (Å²) in [7, 11) is 0. The molecule has 3 rings (SSSR count). The number of carbonyl (C=O) groups is 1. The van der Waals surface area contributed by atoms with E-state index in [0.717, 1.165) is 11.1 Å². The monoisotopic (exact) mass is 331 g/mol. The summed E-state index contributed by atoms with van der Waals surface area (Å²) >= 11 is 0. The molecule has 1 aromatic heterocycles. The Bertz CT molecular complexity index is 946. The number of nitrogens with one attached hydrogen (secondary N) is 1. The Kier molecular flexibility index (Phi) is 4.82. The summed E-state index contributed by atoms with van der Waals surface area (Å²) < 4.78 is 13.0. The zero-order valence-electron chi connectivity index (χ0n) is 13.2. The van der Waals surface area contributed by atoms with Gasteiger partial charge in [-0.1, -0.05) is 18.2 Å². The van der Waals surface area contributed by atoms with Gasteiger partial charge in [-0.25, -0.2) is 9.37 Å². The van der Waals surface area contributed by atoms with Gasteiger partial charge in [-0.15, -0.1) is 0 Å². The van der Waals surface area contributed by atoms with E-state index in [1.54, 1.807) is 48.5 Å². The van der Waals surface area contributed by atoms with Gasteiger partial charge in [-0.3, -0.25) is 4.79 Å². The largest absolute Gasteiger partial charge is 0.321 e. The van der Waals surface area contributed by atoms with Crippen LogP contribution in [0.4, 0.5) is 10.1 Å². The second-order valence-electron chi connectivity index (χ2n) is 5.40. The molecule has 122 valence electrons. The third-order valence-corrected chi connectivity index (χ3v) is 3.59. The molecule has 3 aromatic rings. The van der Waals surface area contributed by atoms with Crippen LogP contribution in [0.15, 0.2) is 66.7 Å². The predicted octanol–water partition coefficient (Wildman–Crippen LogP) is 4.21. The highest BCUT2D eigenvalue weighted by Gasteiger charge is 2.10. The Morgan fingerprint density at radius 1 is 1.08 bits per heavy atom. The van der Waals surface area contributed by atoms with Crippen molar-refractivity contribution in [3.63, 3.8) is 0 Å². The first-order valence-electron chi connectivity index (χ1n) is 7.66. The molecule has 0 saturated carbocycles. The highest BCUT2D eigenvalue weighted by molar-refractivity contribution is 6.03. The molecule has 0 fully saturated rings. The van der Waals surface area contributed by atoms with Crippen LogP contribution in [0.5, 0.6) is 0 Å². The summed E-state index contributed by atoms with van der Waals surface area (Å²) in [5.41, 5.74) is 3.01. The molecular weight excluding hydrogens is 317 g/mol. The van der Waals surface area contributed by atoms with E-state index in [2.05, 4.69) is 16.4 Å². The molecule has 25 heavy (non-hydrogen) atoms.